The van der Waals surface area contributed by atoms with E-state index in [1.165, 1.54) is 51.4 Å². The molecule has 0 spiro atoms. The van der Waals surface area contributed by atoms with Crippen molar-refractivity contribution in [2.24, 2.45) is 11.8 Å². The molecule has 3 heteroatoms. The van der Waals surface area contributed by atoms with Crippen molar-refractivity contribution in [2.75, 3.05) is 0 Å². The van der Waals surface area contributed by atoms with E-state index in [9.17, 15) is 0 Å². The molecule has 3 unspecified atom stereocenters. The highest BCUT2D eigenvalue weighted by Crippen LogP contribution is 2.35. The zero-order chi connectivity index (χ0) is 12.2. The highest BCUT2D eigenvalue weighted by Gasteiger charge is 2.37. The van der Waals surface area contributed by atoms with Gasteiger partial charge in [-0.15, -0.1) is 0 Å². The van der Waals surface area contributed by atoms with Crippen LogP contribution in [0.3, 0.4) is 0 Å². The molecule has 99 valence electrons. The third kappa shape index (κ3) is 3.00. The average molecular weight is 247 g/mol. The first-order valence-corrected chi connectivity index (χ1v) is 7.73. The molecule has 1 saturated heterocycles. The van der Waals surface area contributed by atoms with Crippen LogP contribution in [0.1, 0.15) is 57.8 Å². The molecular weight excluding hydrogens is 223 g/mol. The fraction of sp³-hybridized carbons (Fsp3) is 0.867. The van der Waals surface area contributed by atoms with Crippen molar-refractivity contribution in [3.05, 3.63) is 12.2 Å². The standard InChI is InChI=1S/C15H24BO2/c1-3-7-12(8-4-1)11-14-15(18-16-17-14)13-9-5-2-6-10-13/h3,7,12-15H,1-2,4-6,8-11H2. The minimum absolute atomic E-state index is 0.306. The fourth-order valence-electron chi connectivity index (χ4n) is 3.78. The summed E-state index contributed by atoms with van der Waals surface area (Å²) < 4.78 is 11.5. The van der Waals surface area contributed by atoms with Crippen LogP contribution in [0.5, 0.6) is 0 Å². The van der Waals surface area contributed by atoms with Crippen LogP contribution in [0.25, 0.3) is 0 Å². The van der Waals surface area contributed by atoms with Crippen LogP contribution in [0, 0.1) is 11.8 Å². The zero-order valence-corrected chi connectivity index (χ0v) is 11.2. The van der Waals surface area contributed by atoms with Crippen LogP contribution in [0.4, 0.5) is 0 Å². The Balaban J connectivity index is 1.56. The Morgan fingerprint density at radius 3 is 2.67 bits per heavy atom. The second-order valence-electron chi connectivity index (χ2n) is 6.12. The lowest BCUT2D eigenvalue weighted by molar-refractivity contribution is 0.0670. The van der Waals surface area contributed by atoms with Crippen molar-refractivity contribution in [3.63, 3.8) is 0 Å². The van der Waals surface area contributed by atoms with E-state index in [2.05, 4.69) is 12.2 Å². The Hall–Kier alpha value is -0.275. The van der Waals surface area contributed by atoms with E-state index in [4.69, 9.17) is 9.31 Å². The minimum Gasteiger partial charge on any atom is -0.408 e. The molecule has 3 atom stereocenters. The van der Waals surface area contributed by atoms with Gasteiger partial charge in [-0.3, -0.25) is 0 Å². The van der Waals surface area contributed by atoms with Crippen LogP contribution in [0.15, 0.2) is 12.2 Å². The van der Waals surface area contributed by atoms with Gasteiger partial charge < -0.3 is 9.31 Å². The first-order chi connectivity index (χ1) is 8.93. The smallest absolute Gasteiger partial charge is 0.408 e. The molecule has 1 aliphatic heterocycles. The molecule has 0 bridgehead atoms. The second-order valence-corrected chi connectivity index (χ2v) is 6.12. The van der Waals surface area contributed by atoms with Crippen LogP contribution >= 0.6 is 0 Å². The number of allylic oxidation sites excluding steroid dienone is 2. The summed E-state index contributed by atoms with van der Waals surface area (Å²) in [5.74, 6) is 1.44. The zero-order valence-electron chi connectivity index (χ0n) is 11.2. The molecule has 0 aromatic heterocycles. The highest BCUT2D eigenvalue weighted by atomic mass is 16.6. The molecule has 0 aromatic carbocycles. The Kier molecular flexibility index (Phi) is 4.42. The highest BCUT2D eigenvalue weighted by molar-refractivity contribution is 6.19. The van der Waals surface area contributed by atoms with Crippen molar-refractivity contribution in [1.82, 2.24) is 0 Å². The monoisotopic (exact) mass is 247 g/mol. The summed E-state index contributed by atoms with van der Waals surface area (Å²) in [5.41, 5.74) is 0. The van der Waals surface area contributed by atoms with Crippen molar-refractivity contribution in [2.45, 2.75) is 70.0 Å². The second kappa shape index (κ2) is 6.25. The predicted octanol–water partition coefficient (Wildman–Crippen LogP) is 3.63. The molecule has 3 rings (SSSR count). The molecule has 1 radical (unpaired) electrons. The summed E-state index contributed by atoms with van der Waals surface area (Å²) in [5, 5.41) is 0. The van der Waals surface area contributed by atoms with Gasteiger partial charge in [-0.25, -0.2) is 0 Å². The molecule has 1 heterocycles. The van der Waals surface area contributed by atoms with Gasteiger partial charge in [0.1, 0.15) is 0 Å². The van der Waals surface area contributed by atoms with Gasteiger partial charge in [0.25, 0.3) is 0 Å². The summed E-state index contributed by atoms with van der Waals surface area (Å²) in [6, 6.07) is 0. The normalized spacial score (nSPS) is 37.7. The molecular formula is C15H24BO2. The van der Waals surface area contributed by atoms with Crippen molar-refractivity contribution < 1.29 is 9.31 Å². The van der Waals surface area contributed by atoms with E-state index in [0.29, 0.717) is 18.1 Å². The van der Waals surface area contributed by atoms with Gasteiger partial charge in [-0.1, -0.05) is 31.4 Å². The molecule has 3 aliphatic rings. The number of hydrogen-bond acceptors (Lipinski definition) is 2. The quantitative estimate of drug-likeness (QED) is 0.560. The van der Waals surface area contributed by atoms with Crippen molar-refractivity contribution >= 4 is 7.69 Å². The lowest BCUT2D eigenvalue weighted by Crippen LogP contribution is -2.33. The molecule has 2 aliphatic carbocycles. The summed E-state index contributed by atoms with van der Waals surface area (Å²) in [7, 11) is 1.61. The predicted molar refractivity (Wildman–Crippen MR) is 73.2 cm³/mol. The summed E-state index contributed by atoms with van der Waals surface area (Å²) >= 11 is 0. The van der Waals surface area contributed by atoms with Crippen LogP contribution in [-0.4, -0.2) is 19.9 Å². The van der Waals surface area contributed by atoms with Gasteiger partial charge in [0.05, 0.1) is 12.2 Å². The van der Waals surface area contributed by atoms with E-state index in [1.54, 1.807) is 7.69 Å². The largest absolute Gasteiger partial charge is 0.488 e. The average Bonchev–Trinajstić information content (AvgIpc) is 2.89. The first kappa shape index (κ1) is 12.7. The third-order valence-electron chi connectivity index (χ3n) is 4.81. The van der Waals surface area contributed by atoms with Crippen molar-refractivity contribution in [1.29, 1.82) is 0 Å². The van der Waals surface area contributed by atoms with E-state index in [-0.39, 0.29) is 0 Å². The van der Waals surface area contributed by atoms with Crippen LogP contribution in [-0.2, 0) is 9.31 Å². The minimum atomic E-state index is 0.306. The maximum Gasteiger partial charge on any atom is 0.488 e. The number of hydrogen-bond donors (Lipinski definition) is 0. The first-order valence-electron chi connectivity index (χ1n) is 7.73. The Morgan fingerprint density at radius 2 is 1.89 bits per heavy atom. The van der Waals surface area contributed by atoms with E-state index >= 15 is 0 Å². The van der Waals surface area contributed by atoms with Gasteiger partial charge in [0.15, 0.2) is 0 Å². The van der Waals surface area contributed by atoms with Crippen LogP contribution in [0.2, 0.25) is 0 Å². The summed E-state index contributed by atoms with van der Waals surface area (Å²) in [6.45, 7) is 0. The van der Waals surface area contributed by atoms with Crippen molar-refractivity contribution in [3.8, 4) is 0 Å². The fourth-order valence-corrected chi connectivity index (χ4v) is 3.78. The van der Waals surface area contributed by atoms with Gasteiger partial charge in [-0.2, -0.15) is 0 Å². The lowest BCUT2D eigenvalue weighted by atomic mass is 9.80. The van der Waals surface area contributed by atoms with Gasteiger partial charge in [0.2, 0.25) is 0 Å². The Labute approximate surface area is 111 Å². The topological polar surface area (TPSA) is 18.5 Å². The van der Waals surface area contributed by atoms with E-state index in [0.717, 1.165) is 12.3 Å². The maximum atomic E-state index is 5.78. The van der Waals surface area contributed by atoms with Gasteiger partial charge >= 0.3 is 7.69 Å². The number of rotatable bonds is 3. The third-order valence-corrected chi connectivity index (χ3v) is 4.81. The molecule has 2 nitrogen and oxygen atoms in total. The van der Waals surface area contributed by atoms with E-state index < -0.39 is 0 Å². The van der Waals surface area contributed by atoms with Gasteiger partial charge in [0, 0.05) is 0 Å². The molecule has 1 saturated carbocycles. The van der Waals surface area contributed by atoms with Gasteiger partial charge in [-0.05, 0) is 50.4 Å². The lowest BCUT2D eigenvalue weighted by Gasteiger charge is -2.32. The maximum absolute atomic E-state index is 5.78. The van der Waals surface area contributed by atoms with Crippen LogP contribution < -0.4 is 0 Å². The summed E-state index contributed by atoms with van der Waals surface area (Å²) in [6.07, 6.45) is 17.3. The molecule has 2 fully saturated rings. The molecule has 0 amide bonds. The van der Waals surface area contributed by atoms with E-state index in [1.807, 2.05) is 0 Å². The molecule has 0 aromatic rings. The Morgan fingerprint density at radius 1 is 1.00 bits per heavy atom. The Bertz CT molecular complexity index is 286. The summed E-state index contributed by atoms with van der Waals surface area (Å²) in [4.78, 5) is 0. The SMILES string of the molecule is [B]1OC(CC2C=CCCC2)C(C2CCCCC2)O1. The molecule has 18 heavy (non-hydrogen) atoms. The molecule has 0 N–H and O–H groups in total.